The molecule has 0 aromatic heterocycles. The molecule has 0 saturated carbocycles. The normalized spacial score (nSPS) is 10.5. The monoisotopic (exact) mass is 199 g/mol. The van der Waals surface area contributed by atoms with E-state index in [1.54, 1.807) is 0 Å². The average Bonchev–Trinajstić information content (AvgIpc) is 1.30. The second-order valence-electron chi connectivity index (χ2n) is 0.833. The standard InChI is InChI=1S/C2H4Cl3NO.ClH/c3-2(4,5)6-1-7;/h6-7H,1H2;1H. The van der Waals surface area contributed by atoms with Crippen molar-refractivity contribution in [1.82, 2.24) is 5.32 Å². The number of aliphatic hydroxyl groups is 1. The molecule has 0 aliphatic carbocycles. The summed E-state index contributed by atoms with van der Waals surface area (Å²) in [5, 5.41) is 10.2. The van der Waals surface area contributed by atoms with Gasteiger partial charge >= 0.3 is 0 Å². The van der Waals surface area contributed by atoms with Gasteiger partial charge in [0.15, 0.2) is 0 Å². The lowest BCUT2D eigenvalue weighted by Gasteiger charge is -2.08. The van der Waals surface area contributed by atoms with Gasteiger partial charge in [-0.2, -0.15) is 0 Å². The third-order valence-electron chi connectivity index (χ3n) is 0.280. The molecule has 0 radical (unpaired) electrons. The van der Waals surface area contributed by atoms with Crippen molar-refractivity contribution in [3.63, 3.8) is 0 Å². The van der Waals surface area contributed by atoms with Crippen LogP contribution in [0.15, 0.2) is 0 Å². The predicted molar refractivity (Wildman–Crippen MR) is 37.8 cm³/mol. The molecule has 0 amide bonds. The van der Waals surface area contributed by atoms with Crippen molar-refractivity contribution >= 4 is 47.2 Å². The summed E-state index contributed by atoms with van der Waals surface area (Å²) in [4.78, 5) is 0. The molecule has 52 valence electrons. The first-order valence-electron chi connectivity index (χ1n) is 1.49. The molecule has 0 unspecified atom stereocenters. The Balaban J connectivity index is 0. The van der Waals surface area contributed by atoms with Crippen LogP contribution in [0.3, 0.4) is 0 Å². The highest BCUT2D eigenvalue weighted by Crippen LogP contribution is 2.20. The minimum atomic E-state index is -1.53. The zero-order valence-corrected chi connectivity index (χ0v) is 6.78. The van der Waals surface area contributed by atoms with Crippen LogP contribution in [-0.4, -0.2) is 15.8 Å². The number of aliphatic hydroxyl groups excluding tert-OH is 1. The van der Waals surface area contributed by atoms with E-state index < -0.39 is 3.92 Å². The quantitative estimate of drug-likeness (QED) is 0.380. The topological polar surface area (TPSA) is 32.3 Å². The second kappa shape index (κ2) is 4.91. The van der Waals surface area contributed by atoms with Crippen LogP contribution in [0.5, 0.6) is 0 Å². The molecule has 2 nitrogen and oxygen atoms in total. The Bertz CT molecular complexity index is 52.5. The number of rotatable bonds is 1. The highest BCUT2D eigenvalue weighted by Gasteiger charge is 2.16. The summed E-state index contributed by atoms with van der Waals surface area (Å²) in [7, 11) is 0. The van der Waals surface area contributed by atoms with E-state index >= 15 is 0 Å². The number of nitrogens with one attached hydrogen (secondary N) is 1. The van der Waals surface area contributed by atoms with Gasteiger partial charge in [-0.1, -0.05) is 34.8 Å². The molecular formula is C2H5Cl4NO. The van der Waals surface area contributed by atoms with Crippen molar-refractivity contribution in [1.29, 1.82) is 0 Å². The third kappa shape index (κ3) is 10.1. The van der Waals surface area contributed by atoms with Gasteiger partial charge < -0.3 is 5.11 Å². The Morgan fingerprint density at radius 1 is 1.38 bits per heavy atom. The molecule has 0 aliphatic rings. The molecule has 6 heteroatoms. The first-order chi connectivity index (χ1) is 3.06. The van der Waals surface area contributed by atoms with Gasteiger partial charge in [0.2, 0.25) is 3.92 Å². The maximum atomic E-state index is 8.04. The lowest BCUT2D eigenvalue weighted by atomic mass is 11.1. The Kier molecular flexibility index (Phi) is 7.26. The molecule has 0 aromatic carbocycles. The van der Waals surface area contributed by atoms with Gasteiger partial charge in [-0.05, 0) is 0 Å². The smallest absolute Gasteiger partial charge is 0.246 e. The zero-order valence-electron chi connectivity index (χ0n) is 3.70. The van der Waals surface area contributed by atoms with Gasteiger partial charge in [0, 0.05) is 0 Å². The van der Waals surface area contributed by atoms with E-state index in [4.69, 9.17) is 39.9 Å². The Labute approximate surface area is 68.5 Å². The number of halogens is 4. The summed E-state index contributed by atoms with van der Waals surface area (Å²) in [6.07, 6.45) is 0. The molecule has 2 N–H and O–H groups in total. The molecule has 0 rings (SSSR count). The van der Waals surface area contributed by atoms with Gasteiger partial charge in [-0.15, -0.1) is 12.4 Å². The van der Waals surface area contributed by atoms with E-state index in [1.165, 1.54) is 0 Å². The molecule has 0 aromatic rings. The summed E-state index contributed by atoms with van der Waals surface area (Å²) in [5.74, 6) is 0. The summed E-state index contributed by atoms with van der Waals surface area (Å²) in [5.41, 5.74) is 0. The summed E-state index contributed by atoms with van der Waals surface area (Å²) < 4.78 is -1.53. The average molecular weight is 201 g/mol. The van der Waals surface area contributed by atoms with Crippen molar-refractivity contribution in [2.24, 2.45) is 0 Å². The van der Waals surface area contributed by atoms with Crippen molar-refractivity contribution in [3.8, 4) is 0 Å². The van der Waals surface area contributed by atoms with Crippen LogP contribution < -0.4 is 5.32 Å². The van der Waals surface area contributed by atoms with Gasteiger partial charge in [0.1, 0.15) is 0 Å². The van der Waals surface area contributed by atoms with Crippen LogP contribution in [-0.2, 0) is 0 Å². The number of hydrogen-bond acceptors (Lipinski definition) is 2. The number of alkyl halides is 3. The van der Waals surface area contributed by atoms with E-state index in [1.807, 2.05) is 0 Å². The number of hydrogen-bond donors (Lipinski definition) is 2. The molecule has 0 spiro atoms. The van der Waals surface area contributed by atoms with E-state index in [9.17, 15) is 0 Å². The van der Waals surface area contributed by atoms with Crippen molar-refractivity contribution in [2.45, 2.75) is 3.92 Å². The molecule has 0 bridgehead atoms. The van der Waals surface area contributed by atoms with E-state index in [0.717, 1.165) is 0 Å². The minimum absolute atomic E-state index is 0. The van der Waals surface area contributed by atoms with Gasteiger partial charge in [-0.25, -0.2) is 0 Å². The van der Waals surface area contributed by atoms with E-state index in [0.29, 0.717) is 0 Å². The molecule has 0 atom stereocenters. The fourth-order valence-corrected chi connectivity index (χ4v) is 0.269. The fourth-order valence-electron chi connectivity index (χ4n) is 0.0896. The first-order valence-corrected chi connectivity index (χ1v) is 2.62. The van der Waals surface area contributed by atoms with Crippen LogP contribution in [0.4, 0.5) is 0 Å². The highest BCUT2D eigenvalue weighted by molar-refractivity contribution is 6.67. The van der Waals surface area contributed by atoms with E-state index in [-0.39, 0.29) is 19.1 Å². The van der Waals surface area contributed by atoms with Crippen LogP contribution in [0.1, 0.15) is 0 Å². The Morgan fingerprint density at radius 3 is 1.75 bits per heavy atom. The maximum Gasteiger partial charge on any atom is 0.246 e. The highest BCUT2D eigenvalue weighted by atomic mass is 35.6. The van der Waals surface area contributed by atoms with Gasteiger partial charge in [0.25, 0.3) is 0 Å². The fraction of sp³-hybridized carbons (Fsp3) is 1.00. The summed E-state index contributed by atoms with van der Waals surface area (Å²) >= 11 is 15.3. The van der Waals surface area contributed by atoms with Gasteiger partial charge in [-0.3, -0.25) is 5.32 Å². The van der Waals surface area contributed by atoms with Crippen molar-refractivity contribution < 1.29 is 5.11 Å². The Morgan fingerprint density at radius 2 is 1.75 bits per heavy atom. The lowest BCUT2D eigenvalue weighted by molar-refractivity contribution is 0.261. The van der Waals surface area contributed by atoms with Crippen molar-refractivity contribution in [3.05, 3.63) is 0 Å². The molecule has 0 saturated heterocycles. The second-order valence-corrected chi connectivity index (χ2v) is 3.11. The predicted octanol–water partition coefficient (Wildman–Crippen LogP) is 1.28. The molecular weight excluding hydrogens is 196 g/mol. The van der Waals surface area contributed by atoms with Crippen LogP contribution in [0, 0.1) is 0 Å². The maximum absolute atomic E-state index is 8.04. The summed E-state index contributed by atoms with van der Waals surface area (Å²) in [6.45, 7) is -0.337. The lowest BCUT2D eigenvalue weighted by Crippen LogP contribution is -2.28. The SMILES string of the molecule is Cl.OCNC(Cl)(Cl)Cl. The zero-order chi connectivity index (χ0) is 5.91. The Hall–Kier alpha value is 1.08. The molecule has 0 fully saturated rings. The summed E-state index contributed by atoms with van der Waals surface area (Å²) in [6, 6.07) is 0. The van der Waals surface area contributed by atoms with Gasteiger partial charge in [0.05, 0.1) is 6.73 Å². The van der Waals surface area contributed by atoms with Crippen LogP contribution >= 0.6 is 47.2 Å². The first kappa shape index (κ1) is 11.8. The molecule has 8 heavy (non-hydrogen) atoms. The largest absolute Gasteiger partial charge is 0.381 e. The van der Waals surface area contributed by atoms with Crippen molar-refractivity contribution in [2.75, 3.05) is 6.73 Å². The molecule has 0 aliphatic heterocycles. The van der Waals surface area contributed by atoms with E-state index in [2.05, 4.69) is 5.32 Å². The van der Waals surface area contributed by atoms with Crippen LogP contribution in [0.2, 0.25) is 0 Å². The third-order valence-corrected chi connectivity index (χ3v) is 0.680. The minimum Gasteiger partial charge on any atom is -0.381 e. The molecule has 0 heterocycles. The van der Waals surface area contributed by atoms with Crippen LogP contribution in [0.25, 0.3) is 0 Å².